The third kappa shape index (κ3) is 5.15. The van der Waals surface area contributed by atoms with E-state index in [0.29, 0.717) is 30.4 Å². The molecule has 1 heterocycles. The fourth-order valence-electron chi connectivity index (χ4n) is 3.58. The first kappa shape index (κ1) is 21.3. The van der Waals surface area contributed by atoms with E-state index in [9.17, 15) is 14.0 Å². The van der Waals surface area contributed by atoms with Crippen LogP contribution in [-0.4, -0.2) is 29.9 Å². The van der Waals surface area contributed by atoms with Gasteiger partial charge in [-0.15, -0.1) is 0 Å². The van der Waals surface area contributed by atoms with Gasteiger partial charge in [-0.25, -0.2) is 9.18 Å². The van der Waals surface area contributed by atoms with Crippen molar-refractivity contribution in [2.24, 2.45) is 5.41 Å². The second-order valence-electron chi connectivity index (χ2n) is 7.75. The Hall–Kier alpha value is -2.41. The molecule has 0 radical (unpaired) electrons. The molecular formula is C22H25BrFN3O2. The molecule has 0 aliphatic carbocycles. The molecule has 0 bridgehead atoms. The number of urea groups is 1. The number of aryl methyl sites for hydroxylation is 1. The lowest BCUT2D eigenvalue weighted by Gasteiger charge is -2.39. The van der Waals surface area contributed by atoms with Crippen LogP contribution in [0.2, 0.25) is 0 Å². The van der Waals surface area contributed by atoms with E-state index < -0.39 is 17.3 Å². The van der Waals surface area contributed by atoms with Crippen LogP contribution >= 0.6 is 15.9 Å². The first-order valence-corrected chi connectivity index (χ1v) is 10.4. The summed E-state index contributed by atoms with van der Waals surface area (Å²) in [7, 11) is 0. The maximum Gasteiger partial charge on any atom is 0.321 e. The summed E-state index contributed by atoms with van der Waals surface area (Å²) < 4.78 is 14.6. The van der Waals surface area contributed by atoms with Gasteiger partial charge in [0.1, 0.15) is 5.82 Å². The number of benzene rings is 2. The van der Waals surface area contributed by atoms with Crippen LogP contribution in [-0.2, 0) is 11.3 Å². The van der Waals surface area contributed by atoms with Gasteiger partial charge in [-0.1, -0.05) is 40.2 Å². The molecule has 2 N–H and O–H groups in total. The lowest BCUT2D eigenvalue weighted by Crippen LogP contribution is -2.52. The first-order valence-electron chi connectivity index (χ1n) is 9.62. The van der Waals surface area contributed by atoms with Crippen molar-refractivity contribution in [1.82, 2.24) is 10.2 Å². The zero-order valence-electron chi connectivity index (χ0n) is 16.6. The number of hydrogen-bond acceptors (Lipinski definition) is 2. The molecule has 0 spiro atoms. The largest absolute Gasteiger partial charge is 0.351 e. The molecule has 0 aromatic heterocycles. The minimum absolute atomic E-state index is 0.0759. The Balaban J connectivity index is 1.62. The quantitative estimate of drug-likeness (QED) is 0.683. The Labute approximate surface area is 178 Å². The Kier molecular flexibility index (Phi) is 6.57. The van der Waals surface area contributed by atoms with Crippen molar-refractivity contribution >= 4 is 33.6 Å². The Morgan fingerprint density at radius 3 is 2.72 bits per heavy atom. The van der Waals surface area contributed by atoms with E-state index in [-0.39, 0.29) is 18.1 Å². The number of rotatable bonds is 4. The van der Waals surface area contributed by atoms with Crippen LogP contribution in [0.3, 0.4) is 0 Å². The molecule has 3 rings (SSSR count). The second-order valence-corrected chi connectivity index (χ2v) is 8.66. The van der Waals surface area contributed by atoms with E-state index in [1.807, 2.05) is 38.1 Å². The highest BCUT2D eigenvalue weighted by molar-refractivity contribution is 9.10. The molecule has 1 unspecified atom stereocenters. The highest BCUT2D eigenvalue weighted by atomic mass is 79.9. The number of amides is 3. The molecule has 1 atom stereocenters. The standard InChI is InChI=1S/C22H25BrFN3O2/c1-15-6-3-4-7-16(15)13-25-20(28)22(2)10-5-11-27(14-22)21(29)26-19-9-8-17(23)12-18(19)24/h3-4,6-9,12H,5,10-11,13-14H2,1-2H3,(H,25,28)(H,26,29). The van der Waals surface area contributed by atoms with Crippen molar-refractivity contribution < 1.29 is 14.0 Å². The fourth-order valence-corrected chi connectivity index (χ4v) is 3.91. The lowest BCUT2D eigenvalue weighted by atomic mass is 9.81. The number of nitrogens with one attached hydrogen (secondary N) is 2. The third-order valence-corrected chi connectivity index (χ3v) is 5.90. The van der Waals surface area contributed by atoms with Crippen LogP contribution in [0, 0.1) is 18.2 Å². The Morgan fingerprint density at radius 2 is 2.00 bits per heavy atom. The van der Waals surface area contributed by atoms with Gasteiger partial charge in [-0.2, -0.15) is 0 Å². The summed E-state index contributed by atoms with van der Waals surface area (Å²) in [5.41, 5.74) is 1.63. The predicted molar refractivity (Wildman–Crippen MR) is 115 cm³/mol. The summed E-state index contributed by atoms with van der Waals surface area (Å²) in [4.78, 5) is 27.1. The molecular weight excluding hydrogens is 437 g/mol. The van der Waals surface area contributed by atoms with Crippen molar-refractivity contribution in [3.63, 3.8) is 0 Å². The van der Waals surface area contributed by atoms with Crippen LogP contribution in [0.15, 0.2) is 46.9 Å². The van der Waals surface area contributed by atoms with Crippen molar-refractivity contribution in [1.29, 1.82) is 0 Å². The topological polar surface area (TPSA) is 61.4 Å². The third-order valence-electron chi connectivity index (χ3n) is 5.41. The molecule has 3 amide bonds. The highest BCUT2D eigenvalue weighted by Crippen LogP contribution is 2.30. The molecule has 2 aromatic rings. The van der Waals surface area contributed by atoms with Crippen molar-refractivity contribution in [3.05, 3.63) is 63.9 Å². The molecule has 1 aliphatic rings. The fraction of sp³-hybridized carbons (Fsp3) is 0.364. The van der Waals surface area contributed by atoms with Gasteiger partial charge in [0.05, 0.1) is 11.1 Å². The normalized spacial score (nSPS) is 19.0. The zero-order chi connectivity index (χ0) is 21.0. The average Bonchev–Trinajstić information content (AvgIpc) is 2.69. The molecule has 2 aromatic carbocycles. The zero-order valence-corrected chi connectivity index (χ0v) is 18.2. The van der Waals surface area contributed by atoms with Crippen LogP contribution in [0.4, 0.5) is 14.9 Å². The van der Waals surface area contributed by atoms with E-state index >= 15 is 0 Å². The van der Waals surface area contributed by atoms with E-state index in [1.165, 1.54) is 12.1 Å². The van der Waals surface area contributed by atoms with E-state index in [2.05, 4.69) is 26.6 Å². The minimum atomic E-state index is -0.684. The lowest BCUT2D eigenvalue weighted by molar-refractivity contribution is -0.132. The molecule has 1 saturated heterocycles. The molecule has 1 aliphatic heterocycles. The average molecular weight is 462 g/mol. The van der Waals surface area contributed by atoms with Gasteiger partial charge >= 0.3 is 6.03 Å². The maximum absolute atomic E-state index is 14.0. The summed E-state index contributed by atoms with van der Waals surface area (Å²) in [6.45, 7) is 5.16. The number of hydrogen-bond donors (Lipinski definition) is 2. The van der Waals surface area contributed by atoms with Crippen molar-refractivity contribution in [2.45, 2.75) is 33.2 Å². The number of piperidine rings is 1. The van der Waals surface area contributed by atoms with Gasteiger partial charge in [0.25, 0.3) is 0 Å². The van der Waals surface area contributed by atoms with E-state index in [0.717, 1.165) is 11.1 Å². The van der Waals surface area contributed by atoms with Crippen LogP contribution < -0.4 is 10.6 Å². The number of likely N-dealkylation sites (tertiary alicyclic amines) is 1. The van der Waals surface area contributed by atoms with E-state index in [1.54, 1.807) is 11.0 Å². The summed E-state index contributed by atoms with van der Waals surface area (Å²) in [5.74, 6) is -0.587. The Bertz CT molecular complexity index is 921. The monoisotopic (exact) mass is 461 g/mol. The molecule has 5 nitrogen and oxygen atoms in total. The maximum atomic E-state index is 14.0. The predicted octanol–water partition coefficient (Wildman–Crippen LogP) is 4.85. The number of carbonyl (C=O) groups is 2. The number of halogens is 2. The summed E-state index contributed by atoms with van der Waals surface area (Å²) in [6.07, 6.45) is 1.41. The Morgan fingerprint density at radius 1 is 1.24 bits per heavy atom. The van der Waals surface area contributed by atoms with Crippen molar-refractivity contribution in [2.75, 3.05) is 18.4 Å². The summed E-state index contributed by atoms with van der Waals surface area (Å²) >= 11 is 3.20. The first-order chi connectivity index (χ1) is 13.8. The van der Waals surface area contributed by atoms with Crippen LogP contribution in [0.5, 0.6) is 0 Å². The summed E-state index contributed by atoms with van der Waals surface area (Å²) in [5, 5.41) is 5.62. The SMILES string of the molecule is Cc1ccccc1CNC(=O)C1(C)CCCN(C(=O)Nc2ccc(Br)cc2F)C1. The molecule has 7 heteroatoms. The number of anilines is 1. The molecule has 1 fully saturated rings. The van der Waals surface area contributed by atoms with E-state index in [4.69, 9.17) is 0 Å². The summed E-state index contributed by atoms with van der Waals surface area (Å²) in [6, 6.07) is 12.0. The van der Waals surface area contributed by atoms with Gasteiger partial charge < -0.3 is 15.5 Å². The van der Waals surface area contributed by atoms with Gasteiger partial charge in [0, 0.05) is 24.1 Å². The second kappa shape index (κ2) is 8.95. The smallest absolute Gasteiger partial charge is 0.321 e. The van der Waals surface area contributed by atoms with Crippen LogP contribution in [0.1, 0.15) is 30.9 Å². The van der Waals surface area contributed by atoms with Gasteiger partial charge in [0.2, 0.25) is 5.91 Å². The van der Waals surface area contributed by atoms with Crippen molar-refractivity contribution in [3.8, 4) is 0 Å². The number of carbonyl (C=O) groups excluding carboxylic acids is 2. The van der Waals surface area contributed by atoms with Crippen LogP contribution in [0.25, 0.3) is 0 Å². The number of nitrogens with zero attached hydrogens (tertiary/aromatic N) is 1. The van der Waals surface area contributed by atoms with Gasteiger partial charge in [0.15, 0.2) is 0 Å². The molecule has 154 valence electrons. The van der Waals surface area contributed by atoms with Gasteiger partial charge in [-0.05, 0) is 56.0 Å². The molecule has 29 heavy (non-hydrogen) atoms. The highest BCUT2D eigenvalue weighted by Gasteiger charge is 2.39. The van der Waals surface area contributed by atoms with Gasteiger partial charge in [-0.3, -0.25) is 4.79 Å². The molecule has 0 saturated carbocycles. The minimum Gasteiger partial charge on any atom is -0.351 e.